The molecule has 92 valence electrons. The van der Waals surface area contributed by atoms with Crippen molar-refractivity contribution in [2.75, 3.05) is 13.1 Å². The summed E-state index contributed by atoms with van der Waals surface area (Å²) in [5.74, 6) is -0.703. The molecule has 17 heavy (non-hydrogen) atoms. The highest BCUT2D eigenvalue weighted by molar-refractivity contribution is 9.10. The molecule has 0 heterocycles. The molecule has 2 amide bonds. The van der Waals surface area contributed by atoms with Crippen molar-refractivity contribution in [2.45, 2.75) is 13.8 Å². The number of carbonyl (C=O) groups is 2. The fourth-order valence-electron chi connectivity index (χ4n) is 1.50. The van der Waals surface area contributed by atoms with E-state index >= 15 is 0 Å². The van der Waals surface area contributed by atoms with Gasteiger partial charge in [0.15, 0.2) is 0 Å². The molecule has 0 atom stereocenters. The van der Waals surface area contributed by atoms with Crippen LogP contribution in [0.4, 0.5) is 0 Å². The highest BCUT2D eigenvalue weighted by atomic mass is 79.9. The lowest BCUT2D eigenvalue weighted by Crippen LogP contribution is -2.38. The van der Waals surface area contributed by atoms with Crippen molar-refractivity contribution in [3.63, 3.8) is 0 Å². The number of likely N-dealkylation sites (N-methyl/N-ethyl adjacent to an activating group) is 1. The molecule has 0 aliphatic carbocycles. The molecule has 0 unspecified atom stereocenters. The first-order valence-corrected chi connectivity index (χ1v) is 6.09. The van der Waals surface area contributed by atoms with Crippen molar-refractivity contribution < 1.29 is 9.59 Å². The van der Waals surface area contributed by atoms with E-state index < -0.39 is 5.91 Å². The zero-order valence-corrected chi connectivity index (χ0v) is 11.5. The Kier molecular flexibility index (Phi) is 4.69. The number of benzene rings is 1. The molecule has 0 fully saturated rings. The molecular weight excluding hydrogens is 284 g/mol. The average Bonchev–Trinajstić information content (AvgIpc) is 2.28. The molecule has 1 rings (SSSR count). The van der Waals surface area contributed by atoms with E-state index in [2.05, 4.69) is 15.9 Å². The minimum Gasteiger partial charge on any atom is -0.368 e. The summed E-state index contributed by atoms with van der Waals surface area (Å²) >= 11 is 3.38. The number of rotatable bonds is 4. The van der Waals surface area contributed by atoms with Crippen LogP contribution in [0.2, 0.25) is 0 Å². The van der Waals surface area contributed by atoms with E-state index in [-0.39, 0.29) is 12.5 Å². The standard InChI is InChI=1S/C12H15BrN2O2/c1-3-15(7-10(14)16)12(17)9-6-4-5-8(2)11(9)13/h4-6H,3,7H2,1-2H3,(H2,14,16). The molecule has 0 radical (unpaired) electrons. The highest BCUT2D eigenvalue weighted by Crippen LogP contribution is 2.22. The van der Waals surface area contributed by atoms with Gasteiger partial charge < -0.3 is 10.6 Å². The van der Waals surface area contributed by atoms with Gasteiger partial charge >= 0.3 is 0 Å². The molecule has 5 heteroatoms. The minimum absolute atomic E-state index is 0.0598. The van der Waals surface area contributed by atoms with Crippen molar-refractivity contribution in [3.05, 3.63) is 33.8 Å². The first-order chi connectivity index (χ1) is 7.97. The smallest absolute Gasteiger partial charge is 0.255 e. The van der Waals surface area contributed by atoms with E-state index in [1.807, 2.05) is 26.0 Å². The lowest BCUT2D eigenvalue weighted by Gasteiger charge is -2.20. The predicted molar refractivity (Wildman–Crippen MR) is 69.7 cm³/mol. The number of halogens is 1. The maximum atomic E-state index is 12.2. The van der Waals surface area contributed by atoms with Crippen LogP contribution in [0.3, 0.4) is 0 Å². The molecule has 2 N–H and O–H groups in total. The van der Waals surface area contributed by atoms with Crippen LogP contribution in [-0.2, 0) is 4.79 Å². The van der Waals surface area contributed by atoms with Gasteiger partial charge in [0, 0.05) is 11.0 Å². The topological polar surface area (TPSA) is 63.4 Å². The lowest BCUT2D eigenvalue weighted by molar-refractivity contribution is -0.118. The summed E-state index contributed by atoms with van der Waals surface area (Å²) in [6, 6.07) is 5.44. The summed E-state index contributed by atoms with van der Waals surface area (Å²) in [6.45, 7) is 4.10. The number of primary amides is 1. The van der Waals surface area contributed by atoms with E-state index in [1.54, 1.807) is 6.07 Å². The van der Waals surface area contributed by atoms with Gasteiger partial charge in [-0.25, -0.2) is 0 Å². The van der Waals surface area contributed by atoms with Gasteiger partial charge in [0.2, 0.25) is 5.91 Å². The van der Waals surface area contributed by atoms with Crippen molar-refractivity contribution in [1.29, 1.82) is 0 Å². The normalized spacial score (nSPS) is 10.1. The number of nitrogens with two attached hydrogens (primary N) is 1. The van der Waals surface area contributed by atoms with Gasteiger partial charge in [0.05, 0.1) is 12.1 Å². The number of carbonyl (C=O) groups excluding carboxylic acids is 2. The van der Waals surface area contributed by atoms with Gasteiger partial charge in [-0.05, 0) is 41.4 Å². The van der Waals surface area contributed by atoms with E-state index in [0.717, 1.165) is 10.0 Å². The van der Waals surface area contributed by atoms with Crippen LogP contribution in [0.25, 0.3) is 0 Å². The van der Waals surface area contributed by atoms with Crippen LogP contribution in [0, 0.1) is 6.92 Å². The molecule has 1 aromatic rings. The van der Waals surface area contributed by atoms with E-state index in [4.69, 9.17) is 5.73 Å². The third-order valence-corrected chi connectivity index (χ3v) is 3.49. The molecular formula is C12H15BrN2O2. The maximum Gasteiger partial charge on any atom is 0.255 e. The fraction of sp³-hybridized carbons (Fsp3) is 0.333. The lowest BCUT2D eigenvalue weighted by atomic mass is 10.1. The quantitative estimate of drug-likeness (QED) is 0.920. The molecule has 0 spiro atoms. The Hall–Kier alpha value is -1.36. The van der Waals surface area contributed by atoms with E-state index in [0.29, 0.717) is 12.1 Å². The fourth-order valence-corrected chi connectivity index (χ4v) is 1.93. The van der Waals surface area contributed by atoms with Crippen LogP contribution < -0.4 is 5.73 Å². The molecule has 0 aromatic heterocycles. The van der Waals surface area contributed by atoms with E-state index in [1.165, 1.54) is 4.90 Å². The van der Waals surface area contributed by atoms with Gasteiger partial charge in [-0.15, -0.1) is 0 Å². The van der Waals surface area contributed by atoms with Crippen molar-refractivity contribution in [2.24, 2.45) is 5.73 Å². The van der Waals surface area contributed by atoms with Crippen LogP contribution >= 0.6 is 15.9 Å². The second-order valence-corrected chi connectivity index (χ2v) is 4.52. The summed E-state index contributed by atoms with van der Waals surface area (Å²) in [5.41, 5.74) is 6.64. The summed E-state index contributed by atoms with van der Waals surface area (Å²) in [7, 11) is 0. The van der Waals surface area contributed by atoms with Gasteiger partial charge in [-0.2, -0.15) is 0 Å². The summed E-state index contributed by atoms with van der Waals surface area (Å²) in [6.07, 6.45) is 0. The van der Waals surface area contributed by atoms with Gasteiger partial charge in [0.1, 0.15) is 0 Å². The van der Waals surface area contributed by atoms with Crippen LogP contribution in [0.1, 0.15) is 22.8 Å². The van der Waals surface area contributed by atoms with E-state index in [9.17, 15) is 9.59 Å². The zero-order valence-electron chi connectivity index (χ0n) is 9.87. The third kappa shape index (κ3) is 3.30. The molecule has 0 saturated heterocycles. The van der Waals surface area contributed by atoms with Crippen molar-refractivity contribution >= 4 is 27.7 Å². The Balaban J connectivity index is 3.02. The Labute approximate surface area is 109 Å². The van der Waals surface area contributed by atoms with Gasteiger partial charge in [-0.3, -0.25) is 9.59 Å². The largest absolute Gasteiger partial charge is 0.368 e. The third-order valence-electron chi connectivity index (χ3n) is 2.44. The average molecular weight is 299 g/mol. The minimum atomic E-state index is -0.510. The van der Waals surface area contributed by atoms with Crippen LogP contribution in [-0.4, -0.2) is 29.8 Å². The monoisotopic (exact) mass is 298 g/mol. The zero-order chi connectivity index (χ0) is 13.0. The number of aryl methyl sites for hydroxylation is 1. The molecule has 0 bridgehead atoms. The SMILES string of the molecule is CCN(CC(N)=O)C(=O)c1cccc(C)c1Br. The Morgan fingerprint density at radius 3 is 2.59 bits per heavy atom. The first kappa shape index (κ1) is 13.7. The molecule has 0 aliphatic rings. The Morgan fingerprint density at radius 1 is 1.41 bits per heavy atom. The summed E-state index contributed by atoms with van der Waals surface area (Å²) in [4.78, 5) is 24.5. The molecule has 1 aromatic carbocycles. The number of hydrogen-bond acceptors (Lipinski definition) is 2. The Bertz CT molecular complexity index is 446. The Morgan fingerprint density at radius 2 is 2.06 bits per heavy atom. The second-order valence-electron chi connectivity index (χ2n) is 3.72. The number of amides is 2. The predicted octanol–water partition coefficient (Wildman–Crippen LogP) is 1.70. The number of nitrogens with zero attached hydrogens (tertiary/aromatic N) is 1. The molecule has 0 saturated carbocycles. The van der Waals surface area contributed by atoms with Crippen molar-refractivity contribution in [1.82, 2.24) is 4.90 Å². The first-order valence-electron chi connectivity index (χ1n) is 5.30. The van der Waals surface area contributed by atoms with Crippen molar-refractivity contribution in [3.8, 4) is 0 Å². The highest BCUT2D eigenvalue weighted by Gasteiger charge is 2.18. The van der Waals surface area contributed by atoms with Gasteiger partial charge in [0.25, 0.3) is 5.91 Å². The molecule has 4 nitrogen and oxygen atoms in total. The van der Waals surface area contributed by atoms with Crippen LogP contribution in [0.15, 0.2) is 22.7 Å². The second kappa shape index (κ2) is 5.82. The van der Waals surface area contributed by atoms with Gasteiger partial charge in [-0.1, -0.05) is 12.1 Å². The van der Waals surface area contributed by atoms with Crippen LogP contribution in [0.5, 0.6) is 0 Å². The summed E-state index contributed by atoms with van der Waals surface area (Å²) in [5, 5.41) is 0. The number of hydrogen-bond donors (Lipinski definition) is 1. The molecule has 0 aliphatic heterocycles. The maximum absolute atomic E-state index is 12.2. The summed E-state index contributed by atoms with van der Waals surface area (Å²) < 4.78 is 0.757.